The molecule has 1 heterocycles. The van der Waals surface area contributed by atoms with Gasteiger partial charge >= 0.3 is 0 Å². The fraction of sp³-hybridized carbons (Fsp3) is 0.312. The van der Waals surface area contributed by atoms with Gasteiger partial charge in [-0.1, -0.05) is 6.92 Å². The smallest absolute Gasteiger partial charge is 0.225 e. The minimum atomic E-state index is -0.0446. The summed E-state index contributed by atoms with van der Waals surface area (Å²) in [6.07, 6.45) is 1.29. The molecule has 0 spiro atoms. The Hall–Kier alpha value is -2.63. The van der Waals surface area contributed by atoms with Crippen LogP contribution in [0.25, 0.3) is 0 Å². The predicted octanol–water partition coefficient (Wildman–Crippen LogP) is 3.02. The van der Waals surface area contributed by atoms with E-state index < -0.39 is 0 Å². The number of nitrogens with zero attached hydrogens (tertiary/aromatic N) is 3. The van der Waals surface area contributed by atoms with E-state index in [9.17, 15) is 4.79 Å². The number of hydrogen-bond donors (Lipinski definition) is 2. The Labute approximate surface area is 130 Å². The molecule has 2 rings (SSSR count). The molecular formula is C16H21N5O. The van der Waals surface area contributed by atoms with Crippen molar-refractivity contribution < 1.29 is 4.79 Å². The number of rotatable bonds is 6. The van der Waals surface area contributed by atoms with E-state index in [0.29, 0.717) is 18.1 Å². The third kappa shape index (κ3) is 4.44. The summed E-state index contributed by atoms with van der Waals surface area (Å²) in [5.74, 6) is 1.05. The zero-order valence-electron chi connectivity index (χ0n) is 13.1. The molecule has 6 heteroatoms. The molecule has 0 radical (unpaired) electrons. The molecule has 2 N–H and O–H groups in total. The quantitative estimate of drug-likeness (QED) is 0.858. The maximum Gasteiger partial charge on any atom is 0.225 e. The maximum absolute atomic E-state index is 11.5. The summed E-state index contributed by atoms with van der Waals surface area (Å²) in [6.45, 7) is 1.96. The van der Waals surface area contributed by atoms with Crippen LogP contribution in [0.1, 0.15) is 19.8 Å². The van der Waals surface area contributed by atoms with Gasteiger partial charge in [0.15, 0.2) is 11.6 Å². The molecular weight excluding hydrogens is 278 g/mol. The number of hydrogen-bond acceptors (Lipinski definition) is 5. The first-order valence-corrected chi connectivity index (χ1v) is 7.26. The lowest BCUT2D eigenvalue weighted by Crippen LogP contribution is -2.12. The van der Waals surface area contributed by atoms with Crippen molar-refractivity contribution in [3.63, 3.8) is 0 Å². The first kappa shape index (κ1) is 15.8. The lowest BCUT2D eigenvalue weighted by Gasteiger charge is -2.13. The highest BCUT2D eigenvalue weighted by atomic mass is 16.1. The van der Waals surface area contributed by atoms with Gasteiger partial charge < -0.3 is 15.5 Å². The summed E-state index contributed by atoms with van der Waals surface area (Å²) in [7, 11) is 4.00. The van der Waals surface area contributed by atoms with Crippen molar-refractivity contribution >= 4 is 28.9 Å². The number of carbonyl (C=O) groups excluding carboxylic acids is 1. The van der Waals surface area contributed by atoms with Crippen molar-refractivity contribution in [2.45, 2.75) is 19.8 Å². The molecule has 6 nitrogen and oxygen atoms in total. The van der Waals surface area contributed by atoms with Crippen molar-refractivity contribution in [1.29, 1.82) is 0 Å². The zero-order valence-corrected chi connectivity index (χ0v) is 13.1. The van der Waals surface area contributed by atoms with Gasteiger partial charge in [0.05, 0.1) is 0 Å². The largest absolute Gasteiger partial charge is 0.378 e. The van der Waals surface area contributed by atoms with Crippen molar-refractivity contribution in [2.24, 2.45) is 0 Å². The van der Waals surface area contributed by atoms with Gasteiger partial charge in [0.2, 0.25) is 5.91 Å². The number of carbonyl (C=O) groups is 1. The monoisotopic (exact) mass is 299 g/mol. The van der Waals surface area contributed by atoms with E-state index in [-0.39, 0.29) is 5.91 Å². The molecule has 1 aromatic heterocycles. The Bertz CT molecular complexity index is 607. The predicted molar refractivity (Wildman–Crippen MR) is 89.6 cm³/mol. The second-order valence-corrected chi connectivity index (χ2v) is 5.17. The van der Waals surface area contributed by atoms with Crippen LogP contribution in [0.3, 0.4) is 0 Å². The van der Waals surface area contributed by atoms with Gasteiger partial charge in [0.25, 0.3) is 0 Å². The molecule has 0 unspecified atom stereocenters. The minimum Gasteiger partial charge on any atom is -0.378 e. The Morgan fingerprint density at radius 3 is 2.23 bits per heavy atom. The maximum atomic E-state index is 11.5. The summed E-state index contributed by atoms with van der Waals surface area (Å²) in [4.78, 5) is 13.5. The van der Waals surface area contributed by atoms with Crippen LogP contribution in [0.5, 0.6) is 0 Å². The van der Waals surface area contributed by atoms with Gasteiger partial charge in [0, 0.05) is 31.9 Å². The number of aromatic nitrogens is 2. The highest BCUT2D eigenvalue weighted by molar-refractivity contribution is 5.89. The SMILES string of the molecule is CCCC(=O)Nc1ccc(Nc2ccc(N(C)C)cc2)nn1. The molecule has 0 saturated heterocycles. The van der Waals surface area contributed by atoms with Crippen LogP contribution in [-0.4, -0.2) is 30.2 Å². The van der Waals surface area contributed by atoms with E-state index in [1.807, 2.05) is 50.2 Å². The Morgan fingerprint density at radius 2 is 1.68 bits per heavy atom. The van der Waals surface area contributed by atoms with E-state index in [1.54, 1.807) is 12.1 Å². The standard InChI is InChI=1S/C16H21N5O/c1-4-5-16(22)18-15-11-10-14(19-20-15)17-12-6-8-13(9-7-12)21(2)3/h6-11H,4-5H2,1-3H3,(H,17,19)(H,18,20,22). The first-order valence-electron chi connectivity index (χ1n) is 7.26. The van der Waals surface area contributed by atoms with E-state index >= 15 is 0 Å². The van der Waals surface area contributed by atoms with Gasteiger partial charge in [0.1, 0.15) is 0 Å². The van der Waals surface area contributed by atoms with Crippen LogP contribution in [0.4, 0.5) is 23.0 Å². The molecule has 116 valence electrons. The zero-order chi connectivity index (χ0) is 15.9. The molecule has 22 heavy (non-hydrogen) atoms. The minimum absolute atomic E-state index is 0.0446. The highest BCUT2D eigenvalue weighted by Crippen LogP contribution is 2.19. The molecule has 2 aromatic rings. The van der Waals surface area contributed by atoms with Crippen LogP contribution in [0.15, 0.2) is 36.4 Å². The molecule has 1 amide bonds. The second-order valence-electron chi connectivity index (χ2n) is 5.17. The van der Waals surface area contributed by atoms with Crippen LogP contribution >= 0.6 is 0 Å². The summed E-state index contributed by atoms with van der Waals surface area (Å²) in [5, 5.41) is 13.9. The first-order chi connectivity index (χ1) is 10.6. The van der Waals surface area contributed by atoms with Crippen molar-refractivity contribution in [3.05, 3.63) is 36.4 Å². The van der Waals surface area contributed by atoms with Gasteiger partial charge in [-0.05, 0) is 42.8 Å². The molecule has 0 fully saturated rings. The van der Waals surface area contributed by atoms with Crippen molar-refractivity contribution in [3.8, 4) is 0 Å². The van der Waals surface area contributed by atoms with E-state index in [2.05, 4.69) is 20.8 Å². The third-order valence-electron chi connectivity index (χ3n) is 3.07. The number of nitrogens with one attached hydrogen (secondary N) is 2. The van der Waals surface area contributed by atoms with Crippen molar-refractivity contribution in [2.75, 3.05) is 29.6 Å². The molecule has 0 bridgehead atoms. The molecule has 0 saturated carbocycles. The Balaban J connectivity index is 1.97. The van der Waals surface area contributed by atoms with Crippen molar-refractivity contribution in [1.82, 2.24) is 10.2 Å². The lowest BCUT2D eigenvalue weighted by molar-refractivity contribution is -0.116. The van der Waals surface area contributed by atoms with Crippen LogP contribution in [0, 0.1) is 0 Å². The highest BCUT2D eigenvalue weighted by Gasteiger charge is 2.03. The number of anilines is 4. The third-order valence-corrected chi connectivity index (χ3v) is 3.07. The molecule has 0 aliphatic rings. The molecule has 0 atom stereocenters. The summed E-state index contributed by atoms with van der Waals surface area (Å²) in [6, 6.07) is 11.5. The molecule has 0 aliphatic carbocycles. The van der Waals surface area contributed by atoms with E-state index in [0.717, 1.165) is 17.8 Å². The van der Waals surface area contributed by atoms with Crippen LogP contribution in [0.2, 0.25) is 0 Å². The van der Waals surface area contributed by atoms with Gasteiger partial charge in [-0.2, -0.15) is 0 Å². The fourth-order valence-electron chi connectivity index (χ4n) is 1.89. The molecule has 1 aromatic carbocycles. The Morgan fingerprint density at radius 1 is 1.05 bits per heavy atom. The average Bonchev–Trinajstić information content (AvgIpc) is 2.50. The Kier molecular flexibility index (Phi) is 5.30. The number of benzene rings is 1. The van der Waals surface area contributed by atoms with Gasteiger partial charge in [-0.15, -0.1) is 10.2 Å². The second kappa shape index (κ2) is 7.40. The normalized spacial score (nSPS) is 10.1. The van der Waals surface area contributed by atoms with E-state index in [4.69, 9.17) is 0 Å². The fourth-order valence-corrected chi connectivity index (χ4v) is 1.89. The lowest BCUT2D eigenvalue weighted by atomic mass is 10.2. The van der Waals surface area contributed by atoms with E-state index in [1.165, 1.54) is 0 Å². The summed E-state index contributed by atoms with van der Waals surface area (Å²) in [5.41, 5.74) is 2.06. The molecule has 0 aliphatic heterocycles. The topological polar surface area (TPSA) is 70.2 Å². The van der Waals surface area contributed by atoms with Crippen LogP contribution < -0.4 is 15.5 Å². The van der Waals surface area contributed by atoms with Gasteiger partial charge in [-0.25, -0.2) is 0 Å². The number of amides is 1. The van der Waals surface area contributed by atoms with Gasteiger partial charge in [-0.3, -0.25) is 4.79 Å². The average molecular weight is 299 g/mol. The summed E-state index contributed by atoms with van der Waals surface area (Å²) >= 11 is 0. The summed E-state index contributed by atoms with van der Waals surface area (Å²) < 4.78 is 0. The van der Waals surface area contributed by atoms with Crippen LogP contribution in [-0.2, 0) is 4.79 Å².